The van der Waals surface area contributed by atoms with E-state index < -0.39 is 5.97 Å². The minimum absolute atomic E-state index is 0.0495. The summed E-state index contributed by atoms with van der Waals surface area (Å²) in [5.74, 6) is 1.07. The predicted octanol–water partition coefficient (Wildman–Crippen LogP) is 3.81. The van der Waals surface area contributed by atoms with E-state index in [0.717, 1.165) is 11.0 Å². The number of benzene rings is 2. The largest absolute Gasteiger partial charge is 0.497 e. The molecule has 0 aliphatic heterocycles. The van der Waals surface area contributed by atoms with Crippen LogP contribution in [0, 0.1) is 0 Å². The van der Waals surface area contributed by atoms with Gasteiger partial charge >= 0.3 is 5.97 Å². The fraction of sp³-hybridized carbons (Fsp3) is 0.167. The molecular formula is C18H16O5. The van der Waals surface area contributed by atoms with Gasteiger partial charge in [-0.2, -0.15) is 0 Å². The van der Waals surface area contributed by atoms with E-state index >= 15 is 0 Å². The lowest BCUT2D eigenvalue weighted by molar-refractivity contribution is 0.0443. The summed E-state index contributed by atoms with van der Waals surface area (Å²) in [6, 6.07) is 14.4. The molecule has 23 heavy (non-hydrogen) atoms. The van der Waals surface area contributed by atoms with Crippen LogP contribution >= 0.6 is 0 Å². The minimum atomic E-state index is -0.499. The number of hydrogen-bond donors (Lipinski definition) is 0. The number of carbonyl (C=O) groups is 1. The smallest absolute Gasteiger partial charge is 0.342 e. The van der Waals surface area contributed by atoms with Crippen LogP contribution in [0.5, 0.6) is 11.5 Å². The summed E-state index contributed by atoms with van der Waals surface area (Å²) in [4.78, 5) is 12.3. The lowest BCUT2D eigenvalue weighted by atomic mass is 10.2. The highest BCUT2D eigenvalue weighted by Gasteiger charge is 2.16. The van der Waals surface area contributed by atoms with Crippen LogP contribution in [0.15, 0.2) is 52.9 Å². The molecule has 1 heterocycles. The number of rotatable bonds is 5. The molecule has 5 nitrogen and oxygen atoms in total. The zero-order valence-corrected chi connectivity index (χ0v) is 12.9. The summed E-state index contributed by atoms with van der Waals surface area (Å²) in [5.41, 5.74) is 1.07. The van der Waals surface area contributed by atoms with Crippen molar-refractivity contribution < 1.29 is 23.4 Å². The van der Waals surface area contributed by atoms with Gasteiger partial charge in [0, 0.05) is 5.39 Å². The van der Waals surface area contributed by atoms with E-state index in [9.17, 15) is 4.79 Å². The molecule has 0 bridgehead atoms. The maximum absolute atomic E-state index is 12.3. The second kappa shape index (κ2) is 6.44. The Morgan fingerprint density at radius 3 is 2.61 bits per heavy atom. The molecular weight excluding hydrogens is 296 g/mol. The number of para-hydroxylation sites is 1. The molecule has 5 heteroatoms. The molecule has 1 aromatic heterocycles. The first-order valence-corrected chi connectivity index (χ1v) is 7.08. The fourth-order valence-electron chi connectivity index (χ4n) is 2.30. The summed E-state index contributed by atoms with van der Waals surface area (Å²) in [5, 5.41) is 0.970. The number of hydrogen-bond acceptors (Lipinski definition) is 5. The highest BCUT2D eigenvalue weighted by atomic mass is 16.5. The summed E-state index contributed by atoms with van der Waals surface area (Å²) in [6.45, 7) is 0.0495. The SMILES string of the molecule is COc1ccc(OC)c(C(=O)OCc2cc3ccccc3o2)c1. The summed E-state index contributed by atoms with van der Waals surface area (Å²) in [7, 11) is 3.03. The van der Waals surface area contributed by atoms with E-state index in [1.165, 1.54) is 14.2 Å². The molecule has 0 atom stereocenters. The maximum atomic E-state index is 12.3. The van der Waals surface area contributed by atoms with Crippen LogP contribution < -0.4 is 9.47 Å². The molecule has 0 unspecified atom stereocenters. The number of ether oxygens (including phenoxy) is 3. The van der Waals surface area contributed by atoms with E-state index in [0.29, 0.717) is 22.8 Å². The van der Waals surface area contributed by atoms with Crippen LogP contribution in [-0.2, 0) is 11.3 Å². The van der Waals surface area contributed by atoms with E-state index in [1.807, 2.05) is 30.3 Å². The van der Waals surface area contributed by atoms with E-state index in [-0.39, 0.29) is 6.61 Å². The predicted molar refractivity (Wildman–Crippen MR) is 84.9 cm³/mol. The lowest BCUT2D eigenvalue weighted by Crippen LogP contribution is -2.07. The van der Waals surface area contributed by atoms with Gasteiger partial charge in [-0.1, -0.05) is 18.2 Å². The van der Waals surface area contributed by atoms with E-state index in [2.05, 4.69) is 0 Å². The average molecular weight is 312 g/mol. The highest BCUT2D eigenvalue weighted by Crippen LogP contribution is 2.25. The van der Waals surface area contributed by atoms with Crippen molar-refractivity contribution in [2.24, 2.45) is 0 Å². The Hall–Kier alpha value is -2.95. The summed E-state index contributed by atoms with van der Waals surface area (Å²) < 4.78 is 21.3. The first-order valence-electron chi connectivity index (χ1n) is 7.08. The Kier molecular flexibility index (Phi) is 4.19. The quantitative estimate of drug-likeness (QED) is 0.671. The third-order valence-corrected chi connectivity index (χ3v) is 3.45. The molecule has 118 valence electrons. The third-order valence-electron chi connectivity index (χ3n) is 3.45. The van der Waals surface area contributed by atoms with Crippen molar-refractivity contribution in [3.63, 3.8) is 0 Å². The standard InChI is InChI=1S/C18H16O5/c1-20-13-7-8-17(21-2)15(10-13)18(19)22-11-14-9-12-5-3-4-6-16(12)23-14/h3-10H,11H2,1-2H3. The van der Waals surface area contributed by atoms with Gasteiger partial charge < -0.3 is 18.6 Å². The van der Waals surface area contributed by atoms with Gasteiger partial charge in [-0.25, -0.2) is 4.79 Å². The molecule has 0 saturated carbocycles. The van der Waals surface area contributed by atoms with Crippen LogP contribution in [0.1, 0.15) is 16.1 Å². The molecule has 0 fully saturated rings. The van der Waals surface area contributed by atoms with Gasteiger partial charge in [0.2, 0.25) is 0 Å². The van der Waals surface area contributed by atoms with Gasteiger partial charge in [-0.3, -0.25) is 0 Å². The van der Waals surface area contributed by atoms with E-state index in [4.69, 9.17) is 18.6 Å². The molecule has 3 rings (SSSR count). The zero-order chi connectivity index (χ0) is 16.2. The van der Waals surface area contributed by atoms with Gasteiger partial charge in [0.25, 0.3) is 0 Å². The van der Waals surface area contributed by atoms with Gasteiger partial charge in [-0.05, 0) is 30.3 Å². The number of carbonyl (C=O) groups excluding carboxylic acids is 1. The Morgan fingerprint density at radius 2 is 1.87 bits per heavy atom. The zero-order valence-electron chi connectivity index (χ0n) is 12.9. The van der Waals surface area contributed by atoms with Crippen LogP contribution in [-0.4, -0.2) is 20.2 Å². The van der Waals surface area contributed by atoms with Crippen molar-refractivity contribution in [3.05, 3.63) is 59.9 Å². The first kappa shape index (κ1) is 15.0. The van der Waals surface area contributed by atoms with Gasteiger partial charge in [-0.15, -0.1) is 0 Å². The van der Waals surface area contributed by atoms with Crippen molar-refractivity contribution in [2.75, 3.05) is 14.2 Å². The van der Waals surface area contributed by atoms with E-state index in [1.54, 1.807) is 18.2 Å². The fourth-order valence-corrected chi connectivity index (χ4v) is 2.30. The molecule has 0 N–H and O–H groups in total. The summed E-state index contributed by atoms with van der Waals surface area (Å²) in [6.07, 6.45) is 0. The molecule has 2 aromatic carbocycles. The van der Waals surface area contributed by atoms with Crippen molar-refractivity contribution in [1.82, 2.24) is 0 Å². The van der Waals surface area contributed by atoms with Gasteiger partial charge in [0.1, 0.15) is 35.0 Å². The van der Waals surface area contributed by atoms with Crippen molar-refractivity contribution in [1.29, 1.82) is 0 Å². The van der Waals surface area contributed by atoms with Crippen LogP contribution in [0.3, 0.4) is 0 Å². The van der Waals surface area contributed by atoms with Crippen LogP contribution in [0.25, 0.3) is 11.0 Å². The Bertz CT molecular complexity index is 801. The van der Waals surface area contributed by atoms with Crippen molar-refractivity contribution >= 4 is 16.9 Å². The Morgan fingerprint density at radius 1 is 1.04 bits per heavy atom. The lowest BCUT2D eigenvalue weighted by Gasteiger charge is -2.09. The minimum Gasteiger partial charge on any atom is -0.497 e. The molecule has 3 aromatic rings. The maximum Gasteiger partial charge on any atom is 0.342 e. The van der Waals surface area contributed by atoms with Gasteiger partial charge in [0.05, 0.1) is 14.2 Å². The third kappa shape index (κ3) is 3.13. The molecule has 0 saturated heterocycles. The molecule has 0 amide bonds. The average Bonchev–Trinajstić information content (AvgIpc) is 3.02. The van der Waals surface area contributed by atoms with Crippen LogP contribution in [0.2, 0.25) is 0 Å². The van der Waals surface area contributed by atoms with Crippen molar-refractivity contribution in [3.8, 4) is 11.5 Å². The molecule has 0 spiro atoms. The topological polar surface area (TPSA) is 57.9 Å². The Balaban J connectivity index is 1.76. The number of furan rings is 1. The number of methoxy groups -OCH3 is 2. The molecule has 0 aliphatic rings. The first-order chi connectivity index (χ1) is 11.2. The highest BCUT2D eigenvalue weighted by molar-refractivity contribution is 5.93. The second-order valence-electron chi connectivity index (χ2n) is 4.89. The monoisotopic (exact) mass is 312 g/mol. The van der Waals surface area contributed by atoms with Crippen molar-refractivity contribution in [2.45, 2.75) is 6.61 Å². The summed E-state index contributed by atoms with van der Waals surface area (Å²) >= 11 is 0. The molecule has 0 aliphatic carbocycles. The van der Waals surface area contributed by atoms with Crippen LogP contribution in [0.4, 0.5) is 0 Å². The number of fused-ring (bicyclic) bond motifs is 1. The Labute approximate surface area is 133 Å². The normalized spacial score (nSPS) is 10.5. The molecule has 0 radical (unpaired) electrons. The van der Waals surface area contributed by atoms with Gasteiger partial charge in [0.15, 0.2) is 0 Å². The number of esters is 1. The second-order valence-corrected chi connectivity index (χ2v) is 4.89.